The van der Waals surface area contributed by atoms with Gasteiger partial charge in [-0.2, -0.15) is 0 Å². The Morgan fingerprint density at radius 1 is 0.436 bits per heavy atom. The van der Waals surface area contributed by atoms with E-state index in [-0.39, 0.29) is 0 Å². The highest BCUT2D eigenvalue weighted by molar-refractivity contribution is 6.07. The second kappa shape index (κ2) is 8.61. The molecule has 3 aromatic heterocycles. The molecule has 0 N–H and O–H groups in total. The average molecular weight is 500 g/mol. The second-order valence-corrected chi connectivity index (χ2v) is 9.66. The normalized spacial score (nSPS) is 11.6. The van der Waals surface area contributed by atoms with Crippen molar-refractivity contribution in [3.63, 3.8) is 0 Å². The number of fused-ring (bicyclic) bond motifs is 5. The van der Waals surface area contributed by atoms with Gasteiger partial charge in [-0.05, 0) is 59.7 Å². The van der Waals surface area contributed by atoms with Crippen molar-refractivity contribution >= 4 is 43.7 Å². The molecule has 0 unspecified atom stereocenters. The Morgan fingerprint density at radius 2 is 1.18 bits per heavy atom. The molecule has 39 heavy (non-hydrogen) atoms. The van der Waals surface area contributed by atoms with Crippen LogP contribution in [0, 0.1) is 0 Å². The molecule has 0 aliphatic heterocycles. The van der Waals surface area contributed by atoms with Crippen LogP contribution in [0.1, 0.15) is 0 Å². The van der Waals surface area contributed by atoms with E-state index in [0.717, 1.165) is 66.3 Å². The molecule has 182 valence electrons. The smallest absolute Gasteiger partial charge is 0.179 e. The standard InChI is InChI=1S/C35H21N3O/c1-2-9-22(10-3-1)24-13-8-15-29-25(24)18-19-31(36-29)35-37-30-14-6-4-12-27(30)34(38-35)23-17-20-33-28(21-23)26-11-5-7-16-32(26)39-33/h1-21H. The molecule has 0 atom stereocenters. The van der Waals surface area contributed by atoms with Crippen LogP contribution >= 0.6 is 0 Å². The Hall–Kier alpha value is -5.35. The van der Waals surface area contributed by atoms with Crippen molar-refractivity contribution in [3.05, 3.63) is 127 Å². The summed E-state index contributed by atoms with van der Waals surface area (Å²) in [7, 11) is 0. The molecule has 0 saturated carbocycles. The fourth-order valence-corrected chi connectivity index (χ4v) is 5.43. The maximum Gasteiger partial charge on any atom is 0.179 e. The number of nitrogens with zero attached hydrogens (tertiary/aromatic N) is 3. The van der Waals surface area contributed by atoms with Crippen LogP contribution in [0.3, 0.4) is 0 Å². The zero-order valence-electron chi connectivity index (χ0n) is 20.9. The van der Waals surface area contributed by atoms with Gasteiger partial charge in [-0.15, -0.1) is 0 Å². The van der Waals surface area contributed by atoms with E-state index in [1.807, 2.05) is 60.7 Å². The van der Waals surface area contributed by atoms with Gasteiger partial charge in [-0.25, -0.2) is 15.0 Å². The molecule has 8 rings (SSSR count). The maximum atomic E-state index is 6.06. The van der Waals surface area contributed by atoms with E-state index in [1.165, 1.54) is 5.56 Å². The number of benzene rings is 5. The number of furan rings is 1. The molecule has 5 aromatic carbocycles. The predicted molar refractivity (Wildman–Crippen MR) is 158 cm³/mol. The van der Waals surface area contributed by atoms with Crippen LogP contribution in [0.5, 0.6) is 0 Å². The lowest BCUT2D eigenvalue weighted by Crippen LogP contribution is -1.97. The van der Waals surface area contributed by atoms with Crippen molar-refractivity contribution in [2.24, 2.45) is 0 Å². The third kappa shape index (κ3) is 3.57. The van der Waals surface area contributed by atoms with Crippen molar-refractivity contribution in [1.82, 2.24) is 15.0 Å². The lowest BCUT2D eigenvalue weighted by Gasteiger charge is -2.11. The lowest BCUT2D eigenvalue weighted by molar-refractivity contribution is 0.669. The molecule has 0 bridgehead atoms. The van der Waals surface area contributed by atoms with Crippen molar-refractivity contribution in [3.8, 4) is 33.9 Å². The molecule has 0 aliphatic rings. The zero-order chi connectivity index (χ0) is 25.8. The second-order valence-electron chi connectivity index (χ2n) is 9.66. The Bertz CT molecular complexity index is 2180. The summed E-state index contributed by atoms with van der Waals surface area (Å²) in [4.78, 5) is 15.0. The van der Waals surface area contributed by atoms with Crippen LogP contribution in [0.15, 0.2) is 132 Å². The first-order valence-corrected chi connectivity index (χ1v) is 13.0. The highest BCUT2D eigenvalue weighted by Gasteiger charge is 2.15. The fourth-order valence-electron chi connectivity index (χ4n) is 5.43. The van der Waals surface area contributed by atoms with Crippen LogP contribution in [-0.4, -0.2) is 15.0 Å². The number of pyridine rings is 1. The summed E-state index contributed by atoms with van der Waals surface area (Å²) >= 11 is 0. The molecular weight excluding hydrogens is 478 g/mol. The highest BCUT2D eigenvalue weighted by Crippen LogP contribution is 2.35. The largest absolute Gasteiger partial charge is 0.456 e. The van der Waals surface area contributed by atoms with Crippen molar-refractivity contribution in [2.45, 2.75) is 0 Å². The van der Waals surface area contributed by atoms with Gasteiger partial charge in [0.25, 0.3) is 0 Å². The SMILES string of the molecule is c1ccc(-c2cccc3nc(-c4nc(-c5ccc6oc7ccccc7c6c5)c5ccccc5n4)ccc23)cc1. The fraction of sp³-hybridized carbons (Fsp3) is 0. The number of aromatic nitrogens is 3. The minimum atomic E-state index is 0.605. The third-order valence-corrected chi connectivity index (χ3v) is 7.30. The van der Waals surface area contributed by atoms with Gasteiger partial charge in [-0.1, -0.05) is 78.9 Å². The molecule has 4 nitrogen and oxygen atoms in total. The topological polar surface area (TPSA) is 51.8 Å². The molecule has 0 radical (unpaired) electrons. The third-order valence-electron chi connectivity index (χ3n) is 7.30. The van der Waals surface area contributed by atoms with Crippen molar-refractivity contribution < 1.29 is 4.42 Å². The zero-order valence-corrected chi connectivity index (χ0v) is 20.9. The maximum absolute atomic E-state index is 6.06. The summed E-state index contributed by atoms with van der Waals surface area (Å²) in [5.41, 5.74) is 8.51. The van der Waals surface area contributed by atoms with E-state index in [9.17, 15) is 0 Å². The summed E-state index contributed by atoms with van der Waals surface area (Å²) in [5.74, 6) is 0.605. The number of hydrogen-bond acceptors (Lipinski definition) is 4. The van der Waals surface area contributed by atoms with Crippen LogP contribution < -0.4 is 0 Å². The molecule has 0 spiro atoms. The highest BCUT2D eigenvalue weighted by atomic mass is 16.3. The Kier molecular flexibility index (Phi) is 4.79. The number of para-hydroxylation sites is 2. The van der Waals surface area contributed by atoms with Crippen LogP contribution in [0.25, 0.3) is 77.6 Å². The Balaban J connectivity index is 1.32. The van der Waals surface area contributed by atoms with Gasteiger partial charge in [0.1, 0.15) is 16.9 Å². The van der Waals surface area contributed by atoms with E-state index < -0.39 is 0 Å². The van der Waals surface area contributed by atoms with Gasteiger partial charge >= 0.3 is 0 Å². The molecular formula is C35H21N3O. The summed E-state index contributed by atoms with van der Waals surface area (Å²) < 4.78 is 6.06. The molecule has 0 amide bonds. The van der Waals surface area contributed by atoms with Crippen molar-refractivity contribution in [2.75, 3.05) is 0 Å². The number of rotatable bonds is 3. The first-order valence-electron chi connectivity index (χ1n) is 13.0. The molecule has 3 heterocycles. The van der Waals surface area contributed by atoms with Crippen molar-refractivity contribution in [1.29, 1.82) is 0 Å². The summed E-state index contributed by atoms with van der Waals surface area (Å²) in [6.45, 7) is 0. The van der Waals surface area contributed by atoms with E-state index >= 15 is 0 Å². The molecule has 0 aliphatic carbocycles. The summed E-state index contributed by atoms with van der Waals surface area (Å²) in [6.07, 6.45) is 0. The molecule has 4 heteroatoms. The predicted octanol–water partition coefficient (Wildman–Crippen LogP) is 9.08. The summed E-state index contributed by atoms with van der Waals surface area (Å²) in [6, 6.07) is 43.3. The lowest BCUT2D eigenvalue weighted by atomic mass is 10.0. The summed E-state index contributed by atoms with van der Waals surface area (Å²) in [5, 5.41) is 4.27. The minimum Gasteiger partial charge on any atom is -0.456 e. The van der Waals surface area contributed by atoms with Gasteiger partial charge in [0.2, 0.25) is 0 Å². The van der Waals surface area contributed by atoms with E-state index in [0.29, 0.717) is 5.82 Å². The quantitative estimate of drug-likeness (QED) is 0.243. The monoisotopic (exact) mass is 499 g/mol. The Labute approximate surface area is 224 Å². The number of hydrogen-bond donors (Lipinski definition) is 0. The van der Waals surface area contributed by atoms with Crippen LogP contribution in [-0.2, 0) is 0 Å². The Morgan fingerprint density at radius 3 is 2.10 bits per heavy atom. The van der Waals surface area contributed by atoms with E-state index in [1.54, 1.807) is 0 Å². The average Bonchev–Trinajstić information content (AvgIpc) is 3.38. The van der Waals surface area contributed by atoms with Gasteiger partial charge in [0, 0.05) is 27.1 Å². The van der Waals surface area contributed by atoms with Gasteiger partial charge in [0.15, 0.2) is 5.82 Å². The first-order chi connectivity index (χ1) is 19.3. The van der Waals surface area contributed by atoms with E-state index in [4.69, 9.17) is 19.4 Å². The first kappa shape index (κ1) is 21.7. The van der Waals surface area contributed by atoms with Gasteiger partial charge in [-0.3, -0.25) is 0 Å². The molecule has 0 fully saturated rings. The van der Waals surface area contributed by atoms with Crippen LogP contribution in [0.2, 0.25) is 0 Å². The van der Waals surface area contributed by atoms with E-state index in [2.05, 4.69) is 66.7 Å². The minimum absolute atomic E-state index is 0.605. The van der Waals surface area contributed by atoms with Crippen LogP contribution in [0.4, 0.5) is 0 Å². The molecule has 8 aromatic rings. The van der Waals surface area contributed by atoms with Gasteiger partial charge in [0.05, 0.1) is 16.7 Å². The molecule has 0 saturated heterocycles. The van der Waals surface area contributed by atoms with Gasteiger partial charge < -0.3 is 4.42 Å².